The molecule has 2 nitrogen and oxygen atoms in total. The summed E-state index contributed by atoms with van der Waals surface area (Å²) in [5.74, 6) is -0.0558. The normalized spacial score (nSPS) is 20.4. The van der Waals surface area contributed by atoms with Crippen LogP contribution in [0.1, 0.15) is 29.6 Å². The van der Waals surface area contributed by atoms with Crippen molar-refractivity contribution >= 4 is 21.7 Å². The molecule has 0 fully saturated rings. The summed E-state index contributed by atoms with van der Waals surface area (Å²) in [7, 11) is 0. The number of allylic oxidation sites excluding steroid dienone is 1. The van der Waals surface area contributed by atoms with Crippen molar-refractivity contribution in [2.75, 3.05) is 0 Å². The average Bonchev–Trinajstić information content (AvgIpc) is 2.30. The molecular formula is C13H13BrO2. The first-order valence-corrected chi connectivity index (χ1v) is 6.16. The smallest absolute Gasteiger partial charge is 0.191 e. The molecule has 2 rings (SSSR count). The zero-order valence-electron chi connectivity index (χ0n) is 8.82. The van der Waals surface area contributed by atoms with E-state index >= 15 is 0 Å². The Balaban J connectivity index is 2.24. The number of hydrogen-bond donors (Lipinski definition) is 1. The van der Waals surface area contributed by atoms with E-state index in [0.717, 1.165) is 17.3 Å². The van der Waals surface area contributed by atoms with Gasteiger partial charge in [0.1, 0.15) is 0 Å². The number of carbonyl (C=O) groups is 1. The zero-order valence-corrected chi connectivity index (χ0v) is 10.4. The highest BCUT2D eigenvalue weighted by atomic mass is 79.9. The summed E-state index contributed by atoms with van der Waals surface area (Å²) in [6.45, 7) is 0. The monoisotopic (exact) mass is 280 g/mol. The molecule has 0 heterocycles. The Labute approximate surface area is 103 Å². The van der Waals surface area contributed by atoms with Crippen molar-refractivity contribution in [3.8, 4) is 0 Å². The van der Waals surface area contributed by atoms with E-state index in [1.807, 2.05) is 18.2 Å². The number of halogens is 1. The maximum Gasteiger partial charge on any atom is 0.191 e. The number of ketones is 1. The molecule has 0 radical (unpaired) electrons. The van der Waals surface area contributed by atoms with Gasteiger partial charge in [0.15, 0.2) is 5.78 Å². The highest BCUT2D eigenvalue weighted by Gasteiger charge is 2.22. The molecule has 0 bridgehead atoms. The number of rotatable bonds is 2. The molecule has 16 heavy (non-hydrogen) atoms. The molecule has 0 aromatic heterocycles. The van der Waals surface area contributed by atoms with E-state index in [-0.39, 0.29) is 5.78 Å². The largest absolute Gasteiger partial charge is 0.388 e. The van der Waals surface area contributed by atoms with Gasteiger partial charge in [-0.25, -0.2) is 0 Å². The quantitative estimate of drug-likeness (QED) is 0.846. The van der Waals surface area contributed by atoms with Gasteiger partial charge < -0.3 is 5.11 Å². The predicted molar refractivity (Wildman–Crippen MR) is 66.4 cm³/mol. The molecule has 1 aromatic rings. The van der Waals surface area contributed by atoms with E-state index in [2.05, 4.69) is 15.9 Å². The molecular weight excluding hydrogens is 268 g/mol. The molecule has 1 aliphatic carbocycles. The number of benzene rings is 1. The third-order valence-electron chi connectivity index (χ3n) is 2.77. The lowest BCUT2D eigenvalue weighted by atomic mass is 9.91. The first-order valence-electron chi connectivity index (χ1n) is 5.37. The third kappa shape index (κ3) is 2.42. The van der Waals surface area contributed by atoms with Crippen molar-refractivity contribution in [1.29, 1.82) is 0 Å². The lowest BCUT2D eigenvalue weighted by Crippen LogP contribution is -2.20. The maximum atomic E-state index is 12.1. The Morgan fingerprint density at radius 2 is 2.00 bits per heavy atom. The first-order chi connectivity index (χ1) is 7.68. The number of aliphatic hydroxyl groups excluding tert-OH is 1. The van der Waals surface area contributed by atoms with Gasteiger partial charge >= 0.3 is 0 Å². The van der Waals surface area contributed by atoms with E-state index in [1.54, 1.807) is 12.1 Å². The van der Waals surface area contributed by atoms with Crippen molar-refractivity contribution in [2.45, 2.75) is 25.4 Å². The average molecular weight is 281 g/mol. The highest BCUT2D eigenvalue weighted by molar-refractivity contribution is 9.10. The van der Waals surface area contributed by atoms with Crippen molar-refractivity contribution in [3.05, 3.63) is 46.0 Å². The Morgan fingerprint density at radius 1 is 1.31 bits per heavy atom. The topological polar surface area (TPSA) is 37.3 Å². The fraction of sp³-hybridized carbons (Fsp3) is 0.308. The van der Waals surface area contributed by atoms with Crippen LogP contribution in [0.15, 0.2) is 40.4 Å². The Bertz CT molecular complexity index is 420. The maximum absolute atomic E-state index is 12.1. The van der Waals surface area contributed by atoms with Crippen LogP contribution in [-0.4, -0.2) is 17.0 Å². The highest BCUT2D eigenvalue weighted by Crippen LogP contribution is 2.22. The summed E-state index contributed by atoms with van der Waals surface area (Å²) >= 11 is 3.33. The minimum atomic E-state index is -0.593. The van der Waals surface area contributed by atoms with Crippen LogP contribution in [0.3, 0.4) is 0 Å². The van der Waals surface area contributed by atoms with Crippen LogP contribution in [-0.2, 0) is 0 Å². The van der Waals surface area contributed by atoms with E-state index in [4.69, 9.17) is 0 Å². The van der Waals surface area contributed by atoms with Gasteiger partial charge in [-0.3, -0.25) is 4.79 Å². The van der Waals surface area contributed by atoms with Crippen molar-refractivity contribution in [1.82, 2.24) is 0 Å². The van der Waals surface area contributed by atoms with E-state index in [1.165, 1.54) is 0 Å². The van der Waals surface area contributed by atoms with Crippen LogP contribution in [0.5, 0.6) is 0 Å². The summed E-state index contributed by atoms with van der Waals surface area (Å²) in [5.41, 5.74) is 1.18. The van der Waals surface area contributed by atoms with E-state index in [0.29, 0.717) is 17.6 Å². The van der Waals surface area contributed by atoms with Gasteiger partial charge in [-0.05, 0) is 43.5 Å². The lowest BCUT2D eigenvalue weighted by molar-refractivity contribution is 0.0975. The van der Waals surface area contributed by atoms with Gasteiger partial charge in [0.2, 0.25) is 0 Å². The Kier molecular flexibility index (Phi) is 3.56. The second kappa shape index (κ2) is 4.93. The second-order valence-electron chi connectivity index (χ2n) is 3.94. The molecule has 1 aromatic carbocycles. The molecule has 0 saturated heterocycles. The molecule has 0 unspecified atom stereocenters. The molecule has 0 saturated carbocycles. The van der Waals surface area contributed by atoms with E-state index in [9.17, 15) is 9.90 Å². The molecule has 1 N–H and O–H groups in total. The van der Waals surface area contributed by atoms with Crippen molar-refractivity contribution in [3.63, 3.8) is 0 Å². The van der Waals surface area contributed by atoms with Gasteiger partial charge in [0, 0.05) is 15.6 Å². The number of hydrogen-bond acceptors (Lipinski definition) is 2. The molecule has 84 valence electrons. The minimum Gasteiger partial charge on any atom is -0.388 e. The van der Waals surface area contributed by atoms with Crippen LogP contribution in [0, 0.1) is 0 Å². The molecule has 0 amide bonds. The number of carbonyl (C=O) groups excluding carboxylic acids is 1. The summed E-state index contributed by atoms with van der Waals surface area (Å²) in [6.07, 6.45) is 3.80. The summed E-state index contributed by atoms with van der Waals surface area (Å²) in [6, 6.07) is 7.22. The molecule has 1 aliphatic rings. The lowest BCUT2D eigenvalue weighted by Gasteiger charge is -2.18. The molecule has 0 aliphatic heterocycles. The summed E-state index contributed by atoms with van der Waals surface area (Å²) in [5, 5.41) is 9.76. The van der Waals surface area contributed by atoms with Crippen LogP contribution in [0.4, 0.5) is 0 Å². The van der Waals surface area contributed by atoms with Gasteiger partial charge in [0.05, 0.1) is 6.10 Å². The standard InChI is InChI=1S/C13H13BrO2/c14-10-7-5-9(6-8-10)13(16)11-3-1-2-4-12(11)15/h3,5-8,12,15H,1-2,4H2/t12-/m1/s1. The Morgan fingerprint density at radius 3 is 2.62 bits per heavy atom. The van der Waals surface area contributed by atoms with Crippen LogP contribution >= 0.6 is 15.9 Å². The van der Waals surface area contributed by atoms with Gasteiger partial charge in [-0.1, -0.05) is 22.0 Å². The minimum absolute atomic E-state index is 0.0558. The zero-order chi connectivity index (χ0) is 11.5. The molecule has 0 spiro atoms. The molecule has 1 atom stereocenters. The van der Waals surface area contributed by atoms with Gasteiger partial charge in [-0.15, -0.1) is 0 Å². The third-order valence-corrected chi connectivity index (χ3v) is 3.30. The number of Topliss-reactive ketones (excluding diaryl/α,β-unsaturated/α-hetero) is 1. The van der Waals surface area contributed by atoms with Gasteiger partial charge in [-0.2, -0.15) is 0 Å². The van der Waals surface area contributed by atoms with Gasteiger partial charge in [0.25, 0.3) is 0 Å². The second-order valence-corrected chi connectivity index (χ2v) is 4.86. The fourth-order valence-corrected chi connectivity index (χ4v) is 2.14. The predicted octanol–water partition coefficient (Wildman–Crippen LogP) is 3.10. The first kappa shape index (κ1) is 11.6. The van der Waals surface area contributed by atoms with Crippen LogP contribution in [0.2, 0.25) is 0 Å². The fourth-order valence-electron chi connectivity index (χ4n) is 1.87. The molecule has 3 heteroatoms. The van der Waals surface area contributed by atoms with Crippen molar-refractivity contribution in [2.24, 2.45) is 0 Å². The summed E-state index contributed by atoms with van der Waals surface area (Å²) < 4.78 is 0.947. The summed E-state index contributed by atoms with van der Waals surface area (Å²) in [4.78, 5) is 12.1. The SMILES string of the molecule is O=C(C1=CCCC[C@H]1O)c1ccc(Br)cc1. The van der Waals surface area contributed by atoms with Crippen LogP contribution < -0.4 is 0 Å². The van der Waals surface area contributed by atoms with Crippen LogP contribution in [0.25, 0.3) is 0 Å². The number of aliphatic hydroxyl groups is 1. The van der Waals surface area contributed by atoms with E-state index < -0.39 is 6.10 Å². The Hall–Kier alpha value is -0.930. The van der Waals surface area contributed by atoms with Crippen molar-refractivity contribution < 1.29 is 9.90 Å².